The Bertz CT molecular complexity index is 1710. The number of carbonyl (C=O) groups excluding carboxylic acids is 2. The van der Waals surface area contributed by atoms with Gasteiger partial charge in [-0.3, -0.25) is 19.9 Å². The molecule has 12 heteroatoms. The number of pyridine rings is 3. The standard InChI is InChI=1S/C26H20ClN7O3S/c1-14-8-16(17-9-23(27)29-11-21(17)37-2)18(10-28-14)24(35)32-26-31-19-12-33(13-22(19)38-26)25(36)20-5-3-4-15-6-7-30-34(15)20/h3-11H,12-13H2,1-2H3,(H,31,32,35). The van der Waals surface area contributed by atoms with E-state index in [2.05, 4.69) is 25.4 Å². The first-order valence-corrected chi connectivity index (χ1v) is 12.8. The molecule has 190 valence electrons. The van der Waals surface area contributed by atoms with E-state index >= 15 is 0 Å². The smallest absolute Gasteiger partial charge is 0.273 e. The highest BCUT2D eigenvalue weighted by molar-refractivity contribution is 7.16. The van der Waals surface area contributed by atoms with Gasteiger partial charge in [-0.15, -0.1) is 0 Å². The maximum absolute atomic E-state index is 13.3. The third-order valence-corrected chi connectivity index (χ3v) is 7.44. The molecule has 2 amide bonds. The Labute approximate surface area is 225 Å². The van der Waals surface area contributed by atoms with Crippen LogP contribution in [-0.4, -0.2) is 48.4 Å². The molecule has 0 aromatic carbocycles. The topological polar surface area (TPSA) is 115 Å². The van der Waals surface area contributed by atoms with E-state index in [1.165, 1.54) is 30.8 Å². The number of aromatic nitrogens is 5. The molecule has 0 radical (unpaired) electrons. The fourth-order valence-electron chi connectivity index (χ4n) is 4.43. The second-order valence-corrected chi connectivity index (χ2v) is 10.1. The first-order chi connectivity index (χ1) is 18.4. The highest BCUT2D eigenvalue weighted by Crippen LogP contribution is 2.35. The zero-order chi connectivity index (χ0) is 26.4. The van der Waals surface area contributed by atoms with E-state index in [1.54, 1.807) is 33.8 Å². The van der Waals surface area contributed by atoms with Gasteiger partial charge in [-0.05, 0) is 37.3 Å². The van der Waals surface area contributed by atoms with Gasteiger partial charge in [0.1, 0.15) is 16.6 Å². The molecule has 5 aromatic rings. The minimum Gasteiger partial charge on any atom is -0.494 e. The molecule has 0 fully saturated rings. The first-order valence-electron chi connectivity index (χ1n) is 11.6. The largest absolute Gasteiger partial charge is 0.494 e. The number of hydrogen-bond acceptors (Lipinski definition) is 8. The third-order valence-electron chi connectivity index (χ3n) is 6.23. The number of carbonyl (C=O) groups is 2. The summed E-state index contributed by atoms with van der Waals surface area (Å²) in [5.41, 5.74) is 4.42. The van der Waals surface area contributed by atoms with Crippen molar-refractivity contribution in [2.24, 2.45) is 0 Å². The van der Waals surface area contributed by atoms with Gasteiger partial charge in [-0.1, -0.05) is 29.0 Å². The summed E-state index contributed by atoms with van der Waals surface area (Å²) in [5, 5.41) is 7.88. The molecule has 0 aliphatic carbocycles. The van der Waals surface area contributed by atoms with E-state index in [1.807, 2.05) is 25.1 Å². The molecule has 5 aromatic heterocycles. The third kappa shape index (κ3) is 4.25. The second-order valence-electron chi connectivity index (χ2n) is 8.66. The number of anilines is 1. The van der Waals surface area contributed by atoms with Crippen molar-refractivity contribution in [3.8, 4) is 16.9 Å². The molecule has 0 spiro atoms. The Hall–Kier alpha value is -4.35. The Morgan fingerprint density at radius 2 is 1.97 bits per heavy atom. The minimum absolute atomic E-state index is 0.129. The van der Waals surface area contributed by atoms with Crippen LogP contribution in [0.5, 0.6) is 5.75 Å². The van der Waals surface area contributed by atoms with Crippen LogP contribution in [0.4, 0.5) is 5.13 Å². The number of ether oxygens (including phenoxy) is 1. The highest BCUT2D eigenvalue weighted by Gasteiger charge is 2.30. The quantitative estimate of drug-likeness (QED) is 0.320. The predicted molar refractivity (Wildman–Crippen MR) is 143 cm³/mol. The summed E-state index contributed by atoms with van der Waals surface area (Å²) >= 11 is 7.49. The first kappa shape index (κ1) is 24.0. The van der Waals surface area contributed by atoms with Crippen LogP contribution in [0.1, 0.15) is 37.1 Å². The van der Waals surface area contributed by atoms with Gasteiger partial charge in [0.25, 0.3) is 11.8 Å². The SMILES string of the molecule is COc1cnc(Cl)cc1-c1cc(C)ncc1C(=O)Nc1nc2c(s1)CN(C(=O)c1cccc3ccnn13)C2. The molecule has 0 saturated carbocycles. The van der Waals surface area contributed by atoms with Crippen molar-refractivity contribution in [1.29, 1.82) is 0 Å². The number of fused-ring (bicyclic) bond motifs is 2. The van der Waals surface area contributed by atoms with E-state index in [0.717, 1.165) is 21.8 Å². The van der Waals surface area contributed by atoms with Gasteiger partial charge >= 0.3 is 0 Å². The summed E-state index contributed by atoms with van der Waals surface area (Å²) < 4.78 is 7.08. The number of rotatable bonds is 5. The molecule has 1 aliphatic heterocycles. The number of hydrogen-bond donors (Lipinski definition) is 1. The van der Waals surface area contributed by atoms with Crippen molar-refractivity contribution in [3.63, 3.8) is 0 Å². The molecular formula is C26H20ClN7O3S. The maximum Gasteiger partial charge on any atom is 0.273 e. The van der Waals surface area contributed by atoms with E-state index in [-0.39, 0.29) is 17.0 Å². The molecule has 38 heavy (non-hydrogen) atoms. The zero-order valence-corrected chi connectivity index (χ0v) is 21.9. The van der Waals surface area contributed by atoms with Gasteiger partial charge in [0.05, 0.1) is 54.2 Å². The number of aryl methyl sites for hydroxylation is 1. The van der Waals surface area contributed by atoms with E-state index in [9.17, 15) is 9.59 Å². The minimum atomic E-state index is -0.367. The van der Waals surface area contributed by atoms with Gasteiger partial charge in [0.15, 0.2) is 5.13 Å². The monoisotopic (exact) mass is 545 g/mol. The lowest BCUT2D eigenvalue weighted by Crippen LogP contribution is -2.27. The molecule has 6 rings (SSSR count). The normalized spacial score (nSPS) is 12.6. The summed E-state index contributed by atoms with van der Waals surface area (Å²) in [7, 11) is 1.53. The van der Waals surface area contributed by atoms with E-state index in [4.69, 9.17) is 16.3 Å². The van der Waals surface area contributed by atoms with Crippen LogP contribution < -0.4 is 10.1 Å². The highest BCUT2D eigenvalue weighted by atomic mass is 35.5. The summed E-state index contributed by atoms with van der Waals surface area (Å²) in [4.78, 5) is 42.1. The van der Waals surface area contributed by atoms with Crippen molar-refractivity contribution in [1.82, 2.24) is 29.5 Å². The average molecular weight is 546 g/mol. The van der Waals surface area contributed by atoms with Gasteiger partial charge < -0.3 is 9.64 Å². The van der Waals surface area contributed by atoms with Crippen LogP contribution >= 0.6 is 22.9 Å². The summed E-state index contributed by atoms with van der Waals surface area (Å²) in [6, 6.07) is 10.8. The average Bonchev–Trinajstić information content (AvgIpc) is 3.63. The summed E-state index contributed by atoms with van der Waals surface area (Å²) in [6.07, 6.45) is 4.70. The molecular weight excluding hydrogens is 526 g/mol. The Kier molecular flexibility index (Phi) is 6.01. The molecule has 0 atom stereocenters. The fraction of sp³-hybridized carbons (Fsp3) is 0.154. The molecule has 0 unspecified atom stereocenters. The summed E-state index contributed by atoms with van der Waals surface area (Å²) in [5.74, 6) is -0.0125. The molecule has 0 bridgehead atoms. The van der Waals surface area contributed by atoms with Crippen LogP contribution in [0.25, 0.3) is 16.6 Å². The number of nitrogens with one attached hydrogen (secondary N) is 1. The number of halogens is 1. The molecule has 1 aliphatic rings. The zero-order valence-electron chi connectivity index (χ0n) is 20.3. The lowest BCUT2D eigenvalue weighted by atomic mass is 10.0. The van der Waals surface area contributed by atoms with Gasteiger partial charge in [0, 0.05) is 23.0 Å². The molecule has 10 nitrogen and oxygen atoms in total. The van der Waals surface area contributed by atoms with Crippen LogP contribution in [0.2, 0.25) is 5.15 Å². The number of nitrogens with zero attached hydrogens (tertiary/aromatic N) is 6. The van der Waals surface area contributed by atoms with E-state index in [0.29, 0.717) is 46.4 Å². The van der Waals surface area contributed by atoms with Crippen LogP contribution in [-0.2, 0) is 13.1 Å². The van der Waals surface area contributed by atoms with Gasteiger partial charge in [-0.25, -0.2) is 14.5 Å². The van der Waals surface area contributed by atoms with Crippen molar-refractivity contribution in [2.75, 3.05) is 12.4 Å². The number of methoxy groups -OCH3 is 1. The molecule has 1 N–H and O–H groups in total. The Morgan fingerprint density at radius 3 is 2.79 bits per heavy atom. The predicted octanol–water partition coefficient (Wildman–Crippen LogP) is 4.63. The van der Waals surface area contributed by atoms with Crippen molar-refractivity contribution >= 4 is 45.4 Å². The van der Waals surface area contributed by atoms with Gasteiger partial charge in [0.2, 0.25) is 0 Å². The van der Waals surface area contributed by atoms with E-state index < -0.39 is 0 Å². The summed E-state index contributed by atoms with van der Waals surface area (Å²) in [6.45, 7) is 2.59. The number of amides is 2. The fourth-order valence-corrected chi connectivity index (χ4v) is 5.57. The Balaban J connectivity index is 1.22. The molecule has 6 heterocycles. The van der Waals surface area contributed by atoms with Crippen molar-refractivity contribution < 1.29 is 14.3 Å². The lowest BCUT2D eigenvalue weighted by Gasteiger charge is -2.16. The maximum atomic E-state index is 13.3. The Morgan fingerprint density at radius 1 is 1.11 bits per heavy atom. The lowest BCUT2D eigenvalue weighted by molar-refractivity contribution is 0.0742. The van der Waals surface area contributed by atoms with Crippen molar-refractivity contribution in [3.05, 3.63) is 87.7 Å². The second kappa shape index (κ2) is 9.51. The molecule has 0 saturated heterocycles. The van der Waals surface area contributed by atoms with Crippen LogP contribution in [0.3, 0.4) is 0 Å². The van der Waals surface area contributed by atoms with Crippen LogP contribution in [0, 0.1) is 6.92 Å². The van der Waals surface area contributed by atoms with Crippen LogP contribution in [0.15, 0.2) is 55.0 Å². The van der Waals surface area contributed by atoms with Crippen molar-refractivity contribution in [2.45, 2.75) is 20.0 Å². The number of thiazole rings is 1. The van der Waals surface area contributed by atoms with Gasteiger partial charge in [-0.2, -0.15) is 5.10 Å².